The van der Waals surface area contributed by atoms with Crippen molar-refractivity contribution < 1.29 is 14.6 Å². The predicted octanol–water partition coefficient (Wildman–Crippen LogP) is 2.66. The highest BCUT2D eigenvalue weighted by Crippen LogP contribution is 2.36. The number of carbonyl (C=O) groups is 1. The van der Waals surface area contributed by atoms with Crippen molar-refractivity contribution in [3.05, 3.63) is 23.3 Å². The zero-order chi connectivity index (χ0) is 19.4. The van der Waals surface area contributed by atoms with Gasteiger partial charge in [-0.1, -0.05) is 0 Å². The van der Waals surface area contributed by atoms with E-state index in [4.69, 9.17) is 15.5 Å². The van der Waals surface area contributed by atoms with Crippen LogP contribution in [0, 0.1) is 17.8 Å². The summed E-state index contributed by atoms with van der Waals surface area (Å²) in [6.07, 6.45) is 9.41. The van der Waals surface area contributed by atoms with Crippen LogP contribution in [0.5, 0.6) is 0 Å². The molecule has 2 fully saturated rings. The third-order valence-corrected chi connectivity index (χ3v) is 6.32. The molecule has 2 aliphatic rings. The van der Waals surface area contributed by atoms with Gasteiger partial charge in [-0.05, 0) is 76.5 Å². The molecule has 2 heterocycles. The van der Waals surface area contributed by atoms with Crippen molar-refractivity contribution in [2.75, 3.05) is 13.2 Å². The molecule has 0 aromatic carbocycles. The van der Waals surface area contributed by atoms with Gasteiger partial charge in [0.1, 0.15) is 5.82 Å². The van der Waals surface area contributed by atoms with Gasteiger partial charge in [0.05, 0.1) is 16.9 Å². The number of aliphatic hydroxyl groups is 1. The molecule has 1 saturated heterocycles. The second-order valence-corrected chi connectivity index (χ2v) is 8.85. The van der Waals surface area contributed by atoms with Crippen molar-refractivity contribution in [1.82, 2.24) is 9.97 Å². The van der Waals surface area contributed by atoms with Gasteiger partial charge in [0.2, 0.25) is 0 Å². The fraction of sp³-hybridized carbons (Fsp3) is 0.762. The molecule has 0 unspecified atom stereocenters. The summed E-state index contributed by atoms with van der Waals surface area (Å²) in [5.74, 6) is 1.74. The molecular weight excluding hydrogens is 342 g/mol. The van der Waals surface area contributed by atoms with E-state index in [1.807, 2.05) is 13.8 Å². The molecular formula is C21H33N3O3. The molecule has 6 heteroatoms. The number of aromatic nitrogens is 2. The Bertz CT molecular complexity index is 643. The minimum Gasteiger partial charge on any atom is -0.390 e. The smallest absolute Gasteiger partial charge is 0.252 e. The van der Waals surface area contributed by atoms with E-state index in [1.165, 1.54) is 0 Å². The maximum atomic E-state index is 11.8. The standard InChI is InChI=1S/C21H33N3O3/c1-21(2,26)16-5-3-14(4-6-16)11-18-17(20(22)25)13-23-19(24-18)12-15-7-9-27-10-8-15/h13-16,26H,3-12H2,1-2H3,(H2,22,25). The maximum absolute atomic E-state index is 11.8. The summed E-state index contributed by atoms with van der Waals surface area (Å²) in [5.41, 5.74) is 6.20. The molecule has 3 rings (SSSR count). The molecule has 0 spiro atoms. The molecule has 1 aliphatic carbocycles. The summed E-state index contributed by atoms with van der Waals surface area (Å²) in [7, 11) is 0. The van der Waals surface area contributed by atoms with Gasteiger partial charge >= 0.3 is 0 Å². The van der Waals surface area contributed by atoms with E-state index in [0.717, 1.165) is 76.1 Å². The number of amides is 1. The Morgan fingerprint density at radius 3 is 2.37 bits per heavy atom. The molecule has 3 N–H and O–H groups in total. The molecule has 6 nitrogen and oxygen atoms in total. The topological polar surface area (TPSA) is 98.3 Å². The first kappa shape index (κ1) is 20.2. The highest BCUT2D eigenvalue weighted by atomic mass is 16.5. The Morgan fingerprint density at radius 1 is 1.15 bits per heavy atom. The van der Waals surface area contributed by atoms with Gasteiger partial charge in [-0.2, -0.15) is 0 Å². The lowest BCUT2D eigenvalue weighted by Gasteiger charge is -2.35. The number of nitrogens with two attached hydrogens (primary N) is 1. The van der Waals surface area contributed by atoms with Gasteiger partial charge in [0.15, 0.2) is 0 Å². The highest BCUT2D eigenvalue weighted by Gasteiger charge is 2.32. The molecule has 0 radical (unpaired) electrons. The Balaban J connectivity index is 1.67. The SMILES string of the molecule is CC(C)(O)C1CCC(Cc2nc(CC3CCOCC3)ncc2C(N)=O)CC1. The van der Waals surface area contributed by atoms with Gasteiger partial charge in [0, 0.05) is 25.8 Å². The van der Waals surface area contributed by atoms with Crippen molar-refractivity contribution >= 4 is 5.91 Å². The van der Waals surface area contributed by atoms with Gasteiger partial charge in [-0.15, -0.1) is 0 Å². The van der Waals surface area contributed by atoms with Crippen LogP contribution in [-0.4, -0.2) is 39.8 Å². The Labute approximate surface area is 161 Å². The summed E-state index contributed by atoms with van der Waals surface area (Å²) < 4.78 is 5.42. The minimum absolute atomic E-state index is 0.346. The molecule has 0 bridgehead atoms. The quantitative estimate of drug-likeness (QED) is 0.796. The van der Waals surface area contributed by atoms with Crippen LogP contribution >= 0.6 is 0 Å². The average Bonchev–Trinajstić information content (AvgIpc) is 2.62. The summed E-state index contributed by atoms with van der Waals surface area (Å²) in [6, 6.07) is 0. The van der Waals surface area contributed by atoms with E-state index in [9.17, 15) is 9.90 Å². The Morgan fingerprint density at radius 2 is 1.78 bits per heavy atom. The largest absolute Gasteiger partial charge is 0.390 e. The molecule has 1 aromatic rings. The van der Waals surface area contributed by atoms with Gasteiger partial charge in [-0.3, -0.25) is 4.79 Å². The molecule has 0 atom stereocenters. The lowest BCUT2D eigenvalue weighted by molar-refractivity contribution is -0.00583. The van der Waals surface area contributed by atoms with Crippen molar-refractivity contribution in [1.29, 1.82) is 0 Å². The van der Waals surface area contributed by atoms with Crippen molar-refractivity contribution in [3.8, 4) is 0 Å². The molecule has 150 valence electrons. The molecule has 27 heavy (non-hydrogen) atoms. The highest BCUT2D eigenvalue weighted by molar-refractivity contribution is 5.93. The van der Waals surface area contributed by atoms with Crippen LogP contribution in [0.3, 0.4) is 0 Å². The fourth-order valence-corrected chi connectivity index (χ4v) is 4.47. The van der Waals surface area contributed by atoms with Crippen LogP contribution in [0.1, 0.15) is 74.2 Å². The van der Waals surface area contributed by atoms with E-state index in [1.54, 1.807) is 6.20 Å². The maximum Gasteiger partial charge on any atom is 0.252 e. The number of hydrogen-bond acceptors (Lipinski definition) is 5. The molecule has 1 amide bonds. The first-order valence-electron chi connectivity index (χ1n) is 10.3. The van der Waals surface area contributed by atoms with Gasteiger partial charge in [0.25, 0.3) is 5.91 Å². The zero-order valence-corrected chi connectivity index (χ0v) is 16.6. The normalized spacial score (nSPS) is 24.7. The summed E-state index contributed by atoms with van der Waals surface area (Å²) in [5, 5.41) is 10.2. The molecule has 1 aliphatic heterocycles. The lowest BCUT2D eigenvalue weighted by atomic mass is 9.73. The summed E-state index contributed by atoms with van der Waals surface area (Å²) >= 11 is 0. The number of primary amides is 1. The summed E-state index contributed by atoms with van der Waals surface area (Å²) in [6.45, 7) is 5.41. The van der Waals surface area contributed by atoms with Crippen LogP contribution in [-0.2, 0) is 17.6 Å². The van der Waals surface area contributed by atoms with Crippen molar-refractivity contribution in [3.63, 3.8) is 0 Å². The first-order chi connectivity index (χ1) is 12.8. The molecule has 1 aromatic heterocycles. The number of carbonyl (C=O) groups excluding carboxylic acids is 1. The number of nitrogens with zero attached hydrogens (tertiary/aromatic N) is 2. The second kappa shape index (κ2) is 8.65. The lowest BCUT2D eigenvalue weighted by Crippen LogP contribution is -2.34. The summed E-state index contributed by atoms with van der Waals surface area (Å²) in [4.78, 5) is 21.0. The zero-order valence-electron chi connectivity index (χ0n) is 16.6. The second-order valence-electron chi connectivity index (χ2n) is 8.85. The Hall–Kier alpha value is -1.53. The number of ether oxygens (including phenoxy) is 1. The minimum atomic E-state index is -0.616. The predicted molar refractivity (Wildman–Crippen MR) is 103 cm³/mol. The van der Waals surface area contributed by atoms with Crippen LogP contribution in [0.25, 0.3) is 0 Å². The van der Waals surface area contributed by atoms with Crippen LogP contribution in [0.15, 0.2) is 6.20 Å². The van der Waals surface area contributed by atoms with E-state index in [-0.39, 0.29) is 0 Å². The monoisotopic (exact) mass is 375 g/mol. The van der Waals surface area contributed by atoms with Crippen molar-refractivity contribution in [2.45, 2.75) is 70.8 Å². The van der Waals surface area contributed by atoms with Crippen LogP contribution in [0.2, 0.25) is 0 Å². The van der Waals surface area contributed by atoms with E-state index in [0.29, 0.717) is 23.3 Å². The van der Waals surface area contributed by atoms with Crippen LogP contribution in [0.4, 0.5) is 0 Å². The van der Waals surface area contributed by atoms with Gasteiger partial charge < -0.3 is 15.6 Å². The van der Waals surface area contributed by atoms with E-state index < -0.39 is 11.5 Å². The van der Waals surface area contributed by atoms with E-state index in [2.05, 4.69) is 4.98 Å². The van der Waals surface area contributed by atoms with Gasteiger partial charge in [-0.25, -0.2) is 9.97 Å². The third-order valence-electron chi connectivity index (χ3n) is 6.32. The number of hydrogen-bond donors (Lipinski definition) is 2. The van der Waals surface area contributed by atoms with E-state index >= 15 is 0 Å². The molecule has 1 saturated carbocycles. The Kier molecular flexibility index (Phi) is 6.48. The van der Waals surface area contributed by atoms with Crippen molar-refractivity contribution in [2.24, 2.45) is 23.5 Å². The average molecular weight is 376 g/mol. The first-order valence-corrected chi connectivity index (χ1v) is 10.3. The van der Waals surface area contributed by atoms with Crippen LogP contribution < -0.4 is 5.73 Å². The number of rotatable bonds is 6. The third kappa shape index (κ3) is 5.48. The fourth-order valence-electron chi connectivity index (χ4n) is 4.47.